The van der Waals surface area contributed by atoms with Crippen molar-refractivity contribution in [3.63, 3.8) is 0 Å². The Bertz CT molecular complexity index is 1110. The number of Topliss-reactive ketones (excluding diaryl/α,β-unsaturated/α-hetero) is 1. The van der Waals surface area contributed by atoms with E-state index in [9.17, 15) is 14.7 Å². The summed E-state index contributed by atoms with van der Waals surface area (Å²) in [5.41, 5.74) is 1.30. The maximum atomic E-state index is 13.0. The lowest BCUT2D eigenvalue weighted by Gasteiger charge is -2.23. The van der Waals surface area contributed by atoms with Crippen LogP contribution in [-0.4, -0.2) is 28.8 Å². The van der Waals surface area contributed by atoms with Crippen molar-refractivity contribution in [1.29, 1.82) is 0 Å². The minimum absolute atomic E-state index is 0.00967. The molecule has 1 fully saturated rings. The van der Waals surface area contributed by atoms with Crippen LogP contribution in [0.4, 0.5) is 0 Å². The molecule has 1 unspecified atom stereocenters. The van der Waals surface area contributed by atoms with Crippen molar-refractivity contribution in [2.75, 3.05) is 7.11 Å². The lowest BCUT2D eigenvalue weighted by atomic mass is 9.99. The van der Waals surface area contributed by atoms with Gasteiger partial charge in [-0.2, -0.15) is 0 Å². The number of aliphatic hydroxyl groups excluding tert-OH is 1. The molecule has 2 aromatic carbocycles. The third-order valence-corrected chi connectivity index (χ3v) is 5.13. The fraction of sp³-hybridized carbons (Fsp3) is 0.167. The fourth-order valence-corrected chi connectivity index (χ4v) is 3.62. The van der Waals surface area contributed by atoms with E-state index in [4.69, 9.17) is 9.15 Å². The van der Waals surface area contributed by atoms with Crippen LogP contribution in [0.2, 0.25) is 0 Å². The average Bonchev–Trinajstić information content (AvgIpc) is 3.30. The minimum Gasteiger partial charge on any atom is -0.507 e. The maximum absolute atomic E-state index is 13.0. The zero-order chi connectivity index (χ0) is 21.3. The first-order valence-electron chi connectivity index (χ1n) is 9.52. The molecule has 0 spiro atoms. The number of likely N-dealkylation sites (tertiary alicyclic amines) is 1. The first kappa shape index (κ1) is 19.5. The van der Waals surface area contributed by atoms with E-state index in [0.29, 0.717) is 22.8 Å². The number of carbonyl (C=O) groups is 2. The van der Waals surface area contributed by atoms with Gasteiger partial charge in [0, 0.05) is 12.1 Å². The Morgan fingerprint density at radius 2 is 1.73 bits per heavy atom. The summed E-state index contributed by atoms with van der Waals surface area (Å²) in [5, 5.41) is 11.0. The predicted molar refractivity (Wildman–Crippen MR) is 111 cm³/mol. The molecule has 1 saturated heterocycles. The van der Waals surface area contributed by atoms with Gasteiger partial charge in [0.25, 0.3) is 11.7 Å². The maximum Gasteiger partial charge on any atom is 0.296 e. The van der Waals surface area contributed by atoms with Gasteiger partial charge in [-0.15, -0.1) is 0 Å². The van der Waals surface area contributed by atoms with Gasteiger partial charge in [0.05, 0.1) is 12.7 Å². The highest BCUT2D eigenvalue weighted by Gasteiger charge is 2.47. The number of nitrogens with zero attached hydrogens (tertiary/aromatic N) is 1. The number of hydrogen-bond acceptors (Lipinski definition) is 5. The normalized spacial score (nSPS) is 18.1. The van der Waals surface area contributed by atoms with E-state index in [-0.39, 0.29) is 17.9 Å². The predicted octanol–water partition coefficient (Wildman–Crippen LogP) is 4.22. The fourth-order valence-electron chi connectivity index (χ4n) is 3.62. The lowest BCUT2D eigenvalue weighted by molar-refractivity contribution is -0.140. The van der Waals surface area contributed by atoms with Crippen molar-refractivity contribution in [1.82, 2.24) is 4.90 Å². The molecule has 1 N–H and O–H groups in total. The van der Waals surface area contributed by atoms with Gasteiger partial charge in [-0.25, -0.2) is 0 Å². The van der Waals surface area contributed by atoms with Crippen LogP contribution in [0.1, 0.15) is 28.7 Å². The van der Waals surface area contributed by atoms with Crippen molar-refractivity contribution in [2.24, 2.45) is 0 Å². The van der Waals surface area contributed by atoms with Crippen LogP contribution in [0.5, 0.6) is 5.75 Å². The molecule has 1 atom stereocenters. The number of hydrogen-bond donors (Lipinski definition) is 1. The number of methoxy groups -OCH3 is 1. The van der Waals surface area contributed by atoms with E-state index in [2.05, 4.69) is 0 Å². The van der Waals surface area contributed by atoms with Crippen molar-refractivity contribution in [3.8, 4) is 5.75 Å². The van der Waals surface area contributed by atoms with Crippen LogP contribution in [0.3, 0.4) is 0 Å². The molecule has 30 heavy (non-hydrogen) atoms. The lowest BCUT2D eigenvalue weighted by Crippen LogP contribution is -2.29. The highest BCUT2D eigenvalue weighted by Crippen LogP contribution is 2.41. The summed E-state index contributed by atoms with van der Waals surface area (Å²) < 4.78 is 10.9. The molecule has 6 nitrogen and oxygen atoms in total. The van der Waals surface area contributed by atoms with Crippen LogP contribution >= 0.6 is 0 Å². The molecule has 0 saturated carbocycles. The number of aliphatic hydroxyl groups is 1. The third kappa shape index (κ3) is 3.48. The molecule has 0 aliphatic carbocycles. The summed E-state index contributed by atoms with van der Waals surface area (Å²) in [6.45, 7) is 2.01. The van der Waals surface area contributed by atoms with Gasteiger partial charge in [0.15, 0.2) is 0 Å². The number of benzene rings is 2. The van der Waals surface area contributed by atoms with Gasteiger partial charge in [-0.1, -0.05) is 30.3 Å². The second-order valence-electron chi connectivity index (χ2n) is 7.09. The van der Waals surface area contributed by atoms with Gasteiger partial charge < -0.3 is 19.2 Å². The quantitative estimate of drug-likeness (QED) is 0.392. The average molecular weight is 403 g/mol. The molecular weight excluding hydrogens is 382 g/mol. The van der Waals surface area contributed by atoms with Crippen molar-refractivity contribution >= 4 is 17.4 Å². The zero-order valence-electron chi connectivity index (χ0n) is 16.7. The SMILES string of the molecule is COc1ccc(C(O)=C2C(=O)C(=O)N(Cc3ccccc3)C2c2ccc(C)o2)cc1. The molecule has 152 valence electrons. The number of rotatable bonds is 5. The molecule has 0 bridgehead atoms. The highest BCUT2D eigenvalue weighted by atomic mass is 16.5. The van der Waals surface area contributed by atoms with Gasteiger partial charge in [0.1, 0.15) is 29.1 Å². The summed E-state index contributed by atoms with van der Waals surface area (Å²) in [6.07, 6.45) is 0. The molecule has 1 aliphatic rings. The Labute approximate surface area is 174 Å². The number of aryl methyl sites for hydroxylation is 1. The van der Waals surface area contributed by atoms with E-state index in [1.807, 2.05) is 30.3 Å². The number of furan rings is 1. The number of ether oxygens (including phenoxy) is 1. The summed E-state index contributed by atoms with van der Waals surface area (Å²) in [5.74, 6) is 0.0450. The van der Waals surface area contributed by atoms with Crippen LogP contribution in [0.15, 0.2) is 76.7 Å². The minimum atomic E-state index is -0.819. The van der Waals surface area contributed by atoms with E-state index >= 15 is 0 Å². The summed E-state index contributed by atoms with van der Waals surface area (Å²) >= 11 is 0. The summed E-state index contributed by atoms with van der Waals surface area (Å²) in [6, 6.07) is 18.7. The number of amides is 1. The second-order valence-corrected chi connectivity index (χ2v) is 7.09. The van der Waals surface area contributed by atoms with Crippen LogP contribution in [0, 0.1) is 6.92 Å². The molecule has 6 heteroatoms. The summed E-state index contributed by atoms with van der Waals surface area (Å²) in [7, 11) is 1.54. The van der Waals surface area contributed by atoms with E-state index in [1.54, 1.807) is 50.4 Å². The standard InChI is InChI=1S/C24H21NO5/c1-15-8-13-19(30-15)21-20(22(26)17-9-11-18(29-2)12-10-17)23(27)24(28)25(21)14-16-6-4-3-5-7-16/h3-13,21,26H,14H2,1-2H3. The Morgan fingerprint density at radius 3 is 2.33 bits per heavy atom. The second kappa shape index (κ2) is 7.91. The molecule has 1 aromatic heterocycles. The molecule has 1 aliphatic heterocycles. The van der Waals surface area contributed by atoms with Crippen LogP contribution < -0.4 is 4.74 Å². The number of ketones is 1. The highest BCUT2D eigenvalue weighted by molar-refractivity contribution is 6.46. The first-order chi connectivity index (χ1) is 14.5. The van der Waals surface area contributed by atoms with E-state index in [1.165, 1.54) is 4.90 Å². The van der Waals surface area contributed by atoms with Gasteiger partial charge in [-0.05, 0) is 48.9 Å². The first-order valence-corrected chi connectivity index (χ1v) is 9.52. The molecular formula is C24H21NO5. The molecule has 3 aromatic rings. The van der Waals surface area contributed by atoms with Crippen LogP contribution in [-0.2, 0) is 16.1 Å². The smallest absolute Gasteiger partial charge is 0.296 e. The monoisotopic (exact) mass is 403 g/mol. The molecule has 0 radical (unpaired) electrons. The Morgan fingerprint density at radius 1 is 1.03 bits per heavy atom. The third-order valence-electron chi connectivity index (χ3n) is 5.13. The van der Waals surface area contributed by atoms with E-state index < -0.39 is 17.7 Å². The Hall–Kier alpha value is -3.80. The van der Waals surface area contributed by atoms with Crippen LogP contribution in [0.25, 0.3) is 5.76 Å². The van der Waals surface area contributed by atoms with Gasteiger partial charge in [0.2, 0.25) is 0 Å². The van der Waals surface area contributed by atoms with Crippen molar-refractivity contribution < 1.29 is 23.8 Å². The van der Waals surface area contributed by atoms with Gasteiger partial charge in [-0.3, -0.25) is 9.59 Å². The summed E-state index contributed by atoms with van der Waals surface area (Å²) in [4.78, 5) is 27.3. The van der Waals surface area contributed by atoms with Crippen molar-refractivity contribution in [3.05, 3.63) is 95.0 Å². The Balaban J connectivity index is 1.83. The molecule has 1 amide bonds. The Kier molecular flexibility index (Phi) is 5.14. The largest absolute Gasteiger partial charge is 0.507 e. The zero-order valence-corrected chi connectivity index (χ0v) is 16.7. The number of carbonyl (C=O) groups excluding carboxylic acids is 2. The van der Waals surface area contributed by atoms with Crippen molar-refractivity contribution in [2.45, 2.75) is 19.5 Å². The van der Waals surface area contributed by atoms with E-state index in [0.717, 1.165) is 5.56 Å². The molecule has 2 heterocycles. The van der Waals surface area contributed by atoms with Gasteiger partial charge >= 0.3 is 0 Å². The molecule has 4 rings (SSSR count). The topological polar surface area (TPSA) is 80.0 Å².